The van der Waals surface area contributed by atoms with Crippen LogP contribution < -0.4 is 5.56 Å². The molecule has 0 aliphatic rings. The zero-order valence-electron chi connectivity index (χ0n) is 9.54. The van der Waals surface area contributed by atoms with Gasteiger partial charge in [-0.3, -0.25) is 14.6 Å². The van der Waals surface area contributed by atoms with E-state index in [1.807, 2.05) is 6.07 Å². The molecule has 0 aliphatic carbocycles. The molecule has 0 amide bonds. The van der Waals surface area contributed by atoms with Crippen LogP contribution in [0.5, 0.6) is 0 Å². The Morgan fingerprint density at radius 2 is 2.06 bits per heavy atom. The molecule has 0 atom stereocenters. The highest BCUT2D eigenvalue weighted by Gasteiger charge is 2.11. The first-order valence-electron chi connectivity index (χ1n) is 5.10. The van der Waals surface area contributed by atoms with Gasteiger partial charge >= 0.3 is 0 Å². The maximum atomic E-state index is 11.7. The molecule has 0 fully saturated rings. The first kappa shape index (κ1) is 11.2. The molecule has 0 aromatic carbocycles. The van der Waals surface area contributed by atoms with Crippen LogP contribution in [0.2, 0.25) is 0 Å². The fourth-order valence-corrected chi connectivity index (χ4v) is 1.50. The first-order chi connectivity index (χ1) is 8.09. The van der Waals surface area contributed by atoms with Crippen molar-refractivity contribution >= 4 is 5.78 Å². The second-order valence-electron chi connectivity index (χ2n) is 3.64. The molecule has 0 unspecified atom stereocenters. The van der Waals surface area contributed by atoms with E-state index in [4.69, 9.17) is 0 Å². The number of carbonyl (C=O) groups is 1. The maximum Gasteiger partial charge on any atom is 0.277 e. The summed E-state index contributed by atoms with van der Waals surface area (Å²) in [5.74, 6) is -0.273. The molecule has 0 spiro atoms. The van der Waals surface area contributed by atoms with Crippen molar-refractivity contribution in [3.05, 3.63) is 46.4 Å². The summed E-state index contributed by atoms with van der Waals surface area (Å²) in [5, 5.41) is 4.08. The van der Waals surface area contributed by atoms with Crippen molar-refractivity contribution in [2.24, 2.45) is 7.05 Å². The van der Waals surface area contributed by atoms with Crippen LogP contribution >= 0.6 is 0 Å². The van der Waals surface area contributed by atoms with Gasteiger partial charge < -0.3 is 0 Å². The Kier molecular flexibility index (Phi) is 2.82. The Labute approximate surface area is 97.7 Å². The fourth-order valence-electron chi connectivity index (χ4n) is 1.50. The Morgan fingerprint density at radius 3 is 2.65 bits per heavy atom. The molecule has 5 nitrogen and oxygen atoms in total. The van der Waals surface area contributed by atoms with Crippen molar-refractivity contribution < 1.29 is 4.79 Å². The number of hydrogen-bond donors (Lipinski definition) is 0. The summed E-state index contributed by atoms with van der Waals surface area (Å²) in [6.07, 6.45) is 1.63. The maximum absolute atomic E-state index is 11.7. The molecule has 0 radical (unpaired) electrons. The van der Waals surface area contributed by atoms with E-state index in [9.17, 15) is 9.59 Å². The number of hydrogen-bond acceptors (Lipinski definition) is 4. The Balaban J connectivity index is 2.66. The van der Waals surface area contributed by atoms with Crippen molar-refractivity contribution in [1.29, 1.82) is 0 Å². The minimum atomic E-state index is -0.391. The van der Waals surface area contributed by atoms with Crippen molar-refractivity contribution in [3.63, 3.8) is 0 Å². The van der Waals surface area contributed by atoms with E-state index in [0.717, 1.165) is 4.68 Å². The number of aromatic nitrogens is 3. The van der Waals surface area contributed by atoms with Gasteiger partial charge in [-0.05, 0) is 25.1 Å². The third-order valence-electron chi connectivity index (χ3n) is 2.37. The second-order valence-corrected chi connectivity index (χ2v) is 3.64. The van der Waals surface area contributed by atoms with Crippen molar-refractivity contribution in [2.45, 2.75) is 6.92 Å². The Bertz CT molecular complexity index is 617. The molecule has 2 aromatic rings. The summed E-state index contributed by atoms with van der Waals surface area (Å²) >= 11 is 0. The van der Waals surface area contributed by atoms with Crippen LogP contribution in [0.1, 0.15) is 17.3 Å². The summed E-state index contributed by atoms with van der Waals surface area (Å²) in [6, 6.07) is 6.86. The van der Waals surface area contributed by atoms with Gasteiger partial charge in [0, 0.05) is 13.2 Å². The van der Waals surface area contributed by atoms with Crippen molar-refractivity contribution in [3.8, 4) is 11.4 Å². The monoisotopic (exact) mass is 229 g/mol. The van der Waals surface area contributed by atoms with Crippen LogP contribution in [-0.2, 0) is 7.05 Å². The van der Waals surface area contributed by atoms with Gasteiger partial charge in [0.15, 0.2) is 5.78 Å². The van der Waals surface area contributed by atoms with Crippen LogP contribution in [0.4, 0.5) is 0 Å². The number of pyridine rings is 1. The molecule has 0 saturated heterocycles. The van der Waals surface area contributed by atoms with Crippen LogP contribution in [0.15, 0.2) is 35.3 Å². The highest BCUT2D eigenvalue weighted by Crippen LogP contribution is 2.12. The summed E-state index contributed by atoms with van der Waals surface area (Å²) in [5.41, 5.74) is 0.879. The lowest BCUT2D eigenvalue weighted by Gasteiger charge is -2.04. The zero-order valence-corrected chi connectivity index (χ0v) is 9.54. The highest BCUT2D eigenvalue weighted by molar-refractivity contribution is 5.94. The van der Waals surface area contributed by atoms with Gasteiger partial charge in [-0.25, -0.2) is 4.68 Å². The second kappa shape index (κ2) is 4.29. The van der Waals surface area contributed by atoms with E-state index in [2.05, 4.69) is 10.1 Å². The van der Waals surface area contributed by atoms with Gasteiger partial charge in [0.2, 0.25) is 0 Å². The number of carbonyl (C=O) groups excluding carboxylic acids is 1. The minimum Gasteiger partial charge on any atom is -0.294 e. The molecule has 5 heteroatoms. The predicted molar refractivity (Wildman–Crippen MR) is 62.7 cm³/mol. The normalized spacial score (nSPS) is 10.2. The lowest BCUT2D eigenvalue weighted by Crippen LogP contribution is -2.25. The molecule has 2 heterocycles. The van der Waals surface area contributed by atoms with Crippen LogP contribution in [0, 0.1) is 0 Å². The first-order valence-corrected chi connectivity index (χ1v) is 5.10. The van der Waals surface area contributed by atoms with E-state index in [1.165, 1.54) is 20.0 Å². The average molecular weight is 229 g/mol. The summed E-state index contributed by atoms with van der Waals surface area (Å²) in [4.78, 5) is 27.1. The molecule has 2 aromatic heterocycles. The number of rotatable bonds is 2. The van der Waals surface area contributed by atoms with E-state index < -0.39 is 5.56 Å². The third kappa shape index (κ3) is 2.13. The quantitative estimate of drug-likeness (QED) is 0.722. The van der Waals surface area contributed by atoms with Crippen molar-refractivity contribution in [2.75, 3.05) is 0 Å². The molecule has 0 aliphatic heterocycles. The van der Waals surface area contributed by atoms with Gasteiger partial charge in [-0.15, -0.1) is 0 Å². The van der Waals surface area contributed by atoms with Crippen LogP contribution in [-0.4, -0.2) is 20.5 Å². The van der Waals surface area contributed by atoms with Crippen LogP contribution in [0.3, 0.4) is 0 Å². The topological polar surface area (TPSA) is 64.8 Å². The highest BCUT2D eigenvalue weighted by atomic mass is 16.1. The zero-order chi connectivity index (χ0) is 12.4. The largest absolute Gasteiger partial charge is 0.294 e. The van der Waals surface area contributed by atoms with E-state index in [-0.39, 0.29) is 11.3 Å². The summed E-state index contributed by atoms with van der Waals surface area (Å²) in [7, 11) is 1.52. The van der Waals surface area contributed by atoms with Gasteiger partial charge in [0.05, 0.1) is 11.3 Å². The van der Waals surface area contributed by atoms with Crippen molar-refractivity contribution in [1.82, 2.24) is 14.8 Å². The molecule has 0 bridgehead atoms. The number of aryl methyl sites for hydroxylation is 1. The average Bonchev–Trinajstić information content (AvgIpc) is 2.33. The SMILES string of the molecule is CC(=O)c1cc(-c2ccccn2)nn(C)c1=O. The molecule has 2 rings (SSSR count). The van der Waals surface area contributed by atoms with Gasteiger partial charge in [0.25, 0.3) is 5.56 Å². The predicted octanol–water partition coefficient (Wildman–Crippen LogP) is 1.04. The smallest absolute Gasteiger partial charge is 0.277 e. The van der Waals surface area contributed by atoms with Gasteiger partial charge in [-0.2, -0.15) is 5.10 Å². The summed E-state index contributed by atoms with van der Waals surface area (Å²) < 4.78 is 1.15. The minimum absolute atomic E-state index is 0.128. The summed E-state index contributed by atoms with van der Waals surface area (Å²) in [6.45, 7) is 1.36. The number of ketones is 1. The lowest BCUT2D eigenvalue weighted by molar-refractivity contribution is 0.101. The molecule has 0 saturated carbocycles. The standard InChI is InChI=1S/C12H11N3O2/c1-8(16)9-7-11(14-15(2)12(9)17)10-5-3-4-6-13-10/h3-7H,1-2H3. The van der Waals surface area contributed by atoms with Crippen LogP contribution in [0.25, 0.3) is 11.4 Å². The molecule has 0 N–H and O–H groups in total. The lowest BCUT2D eigenvalue weighted by atomic mass is 10.1. The third-order valence-corrected chi connectivity index (χ3v) is 2.37. The van der Waals surface area contributed by atoms with Gasteiger partial charge in [-0.1, -0.05) is 6.07 Å². The fraction of sp³-hybridized carbons (Fsp3) is 0.167. The Morgan fingerprint density at radius 1 is 1.29 bits per heavy atom. The molecular weight excluding hydrogens is 218 g/mol. The molecule has 86 valence electrons. The van der Waals surface area contributed by atoms with E-state index in [1.54, 1.807) is 18.3 Å². The number of Topliss-reactive ketones (excluding diaryl/α,β-unsaturated/α-hetero) is 1. The Hall–Kier alpha value is -2.30. The molecular formula is C12H11N3O2. The van der Waals surface area contributed by atoms with E-state index in [0.29, 0.717) is 11.4 Å². The molecule has 17 heavy (non-hydrogen) atoms. The van der Waals surface area contributed by atoms with E-state index >= 15 is 0 Å². The number of nitrogens with zero attached hydrogens (tertiary/aromatic N) is 3. The van der Waals surface area contributed by atoms with Gasteiger partial charge in [0.1, 0.15) is 5.69 Å².